The van der Waals surface area contributed by atoms with Gasteiger partial charge in [0.25, 0.3) is 5.91 Å². The summed E-state index contributed by atoms with van der Waals surface area (Å²) in [6.07, 6.45) is 1.25. The Morgan fingerprint density at radius 2 is 1.89 bits per heavy atom. The fraction of sp³-hybridized carbons (Fsp3) is 0.500. The number of likely N-dealkylation sites (tertiary alicyclic amines) is 1. The van der Waals surface area contributed by atoms with E-state index in [2.05, 4.69) is 15.3 Å². The van der Waals surface area contributed by atoms with Crippen molar-refractivity contribution in [1.29, 1.82) is 0 Å². The first-order chi connectivity index (χ1) is 21.1. The zero-order chi connectivity index (χ0) is 32.7. The Morgan fingerprint density at radius 1 is 1.18 bits per heavy atom. The summed E-state index contributed by atoms with van der Waals surface area (Å²) in [5.74, 6) is -5.03. The van der Waals surface area contributed by atoms with E-state index in [0.717, 1.165) is 28.1 Å². The van der Waals surface area contributed by atoms with E-state index in [9.17, 15) is 32.7 Å². The number of hydrogen-bond acceptors (Lipinski definition) is 6. The molecule has 1 saturated carbocycles. The molecule has 3 N–H and O–H groups in total. The number of anilines is 1. The minimum Gasteiger partial charge on any atom is -0.444 e. The van der Waals surface area contributed by atoms with Crippen LogP contribution in [0, 0.1) is 12.7 Å². The van der Waals surface area contributed by atoms with Crippen molar-refractivity contribution in [2.24, 2.45) is 0 Å². The van der Waals surface area contributed by atoms with E-state index in [1.165, 1.54) is 11.1 Å². The molecule has 2 aromatic heterocycles. The van der Waals surface area contributed by atoms with Gasteiger partial charge >= 0.3 is 6.09 Å². The Hall–Kier alpha value is -4.13. The van der Waals surface area contributed by atoms with Crippen LogP contribution in [0.3, 0.4) is 0 Å². The number of alkyl halides is 2. The van der Waals surface area contributed by atoms with Gasteiger partial charge in [0.2, 0.25) is 11.8 Å². The number of β-amino-alcohol motifs (C(OH)–C–C–N with tert-alkyl or cyclic N) is 1. The Labute approximate surface area is 258 Å². The number of halogens is 3. The molecular weight excluding hydrogens is 591 g/mol. The third-order valence-corrected chi connectivity index (χ3v) is 8.19. The summed E-state index contributed by atoms with van der Waals surface area (Å²) in [4.78, 5) is 51.4. The quantitative estimate of drug-likeness (QED) is 0.346. The molecule has 1 saturated heterocycles. The molecule has 13 heteroatoms. The van der Waals surface area contributed by atoms with Crippen molar-refractivity contribution in [2.45, 2.75) is 95.6 Å². The van der Waals surface area contributed by atoms with E-state index in [1.54, 1.807) is 45.2 Å². The van der Waals surface area contributed by atoms with Gasteiger partial charge in [0.05, 0.1) is 18.8 Å². The third-order valence-electron chi connectivity index (χ3n) is 8.19. The van der Waals surface area contributed by atoms with E-state index in [0.29, 0.717) is 5.52 Å². The highest BCUT2D eigenvalue weighted by molar-refractivity contribution is 6.06. The highest BCUT2D eigenvalue weighted by Gasteiger charge is 2.46. The number of hydrogen-bond donors (Lipinski definition) is 3. The number of fused-ring (bicyclic) bond motifs is 1. The topological polar surface area (TPSA) is 128 Å². The highest BCUT2D eigenvalue weighted by atomic mass is 19.3. The van der Waals surface area contributed by atoms with Crippen LogP contribution in [0.1, 0.15) is 70.0 Å². The van der Waals surface area contributed by atoms with Crippen molar-refractivity contribution >= 4 is 34.5 Å². The van der Waals surface area contributed by atoms with E-state index in [4.69, 9.17) is 4.74 Å². The predicted octanol–water partition coefficient (Wildman–Crippen LogP) is 5.15. The standard InChI is InChI=1S/C32H38F3N5O5/c1-18-14-37-25-12-22(5-6-24(18)25)40(29(43)26-13-23(41)17-39(26)30(44)45-31(2,3)4)27(19-11-20(33)16-36-15-19)28(42)38-21-7-9-32(34,35)10-8-21/h5-6,11-12,14-16,21,23,26-27,37,41H,7-10,13,17H2,1-4H3,(H,38,42)/t23-,26-,27?/m1/s1. The van der Waals surface area contributed by atoms with Crippen molar-refractivity contribution < 1.29 is 37.4 Å². The van der Waals surface area contributed by atoms with Crippen LogP contribution in [0.5, 0.6) is 0 Å². The number of aryl methyl sites for hydroxylation is 1. The lowest BCUT2D eigenvalue weighted by Gasteiger charge is -2.37. The van der Waals surface area contributed by atoms with Crippen LogP contribution < -0.4 is 10.2 Å². The van der Waals surface area contributed by atoms with Crippen molar-refractivity contribution in [3.63, 3.8) is 0 Å². The fourth-order valence-corrected chi connectivity index (χ4v) is 6.00. The number of amides is 3. The molecule has 0 radical (unpaired) electrons. The number of pyridine rings is 1. The molecule has 45 heavy (non-hydrogen) atoms. The number of aliphatic hydroxyl groups is 1. The maximum atomic E-state index is 14.7. The maximum absolute atomic E-state index is 14.7. The SMILES string of the molecule is Cc1c[nH]c2cc(N(C(=O)[C@H]3C[C@@H](O)CN3C(=O)OC(C)(C)C)C(C(=O)NC3CCC(F)(F)CC3)c3cncc(F)c3)ccc12. The Morgan fingerprint density at radius 3 is 2.56 bits per heavy atom. The van der Waals surface area contributed by atoms with E-state index in [1.807, 2.05) is 6.92 Å². The molecule has 3 aromatic rings. The molecule has 1 aromatic carbocycles. The van der Waals surface area contributed by atoms with Gasteiger partial charge in [-0.1, -0.05) is 6.07 Å². The molecule has 1 aliphatic heterocycles. The van der Waals surface area contributed by atoms with Gasteiger partial charge < -0.3 is 20.1 Å². The lowest BCUT2D eigenvalue weighted by molar-refractivity contribution is -0.129. The van der Waals surface area contributed by atoms with E-state index < -0.39 is 72.3 Å². The number of benzene rings is 1. The molecule has 2 aliphatic rings. The van der Waals surface area contributed by atoms with Gasteiger partial charge in [-0.2, -0.15) is 0 Å². The van der Waals surface area contributed by atoms with E-state index in [-0.39, 0.29) is 37.1 Å². The van der Waals surface area contributed by atoms with Crippen molar-refractivity contribution in [1.82, 2.24) is 20.2 Å². The largest absolute Gasteiger partial charge is 0.444 e. The van der Waals surface area contributed by atoms with Gasteiger partial charge in [-0.05, 0) is 64.3 Å². The number of H-pyrrole nitrogens is 1. The van der Waals surface area contributed by atoms with Gasteiger partial charge in [-0.25, -0.2) is 18.0 Å². The second kappa shape index (κ2) is 12.3. The molecule has 3 heterocycles. The minimum absolute atomic E-state index is 0.0236. The number of rotatable bonds is 6. The zero-order valence-electron chi connectivity index (χ0n) is 25.6. The molecule has 3 amide bonds. The van der Waals surface area contributed by atoms with Crippen molar-refractivity contribution in [3.05, 3.63) is 59.8 Å². The van der Waals surface area contributed by atoms with Crippen LogP contribution in [-0.4, -0.2) is 74.1 Å². The predicted molar refractivity (Wildman–Crippen MR) is 160 cm³/mol. The van der Waals surface area contributed by atoms with Crippen molar-refractivity contribution in [2.75, 3.05) is 11.4 Å². The molecule has 0 bridgehead atoms. The fourth-order valence-electron chi connectivity index (χ4n) is 6.00. The molecule has 2 fully saturated rings. The third kappa shape index (κ3) is 7.24. The second-order valence-electron chi connectivity index (χ2n) is 12.9. The summed E-state index contributed by atoms with van der Waals surface area (Å²) in [6, 6.07) is 2.82. The number of aromatic nitrogens is 2. The molecule has 10 nitrogen and oxygen atoms in total. The highest BCUT2D eigenvalue weighted by Crippen LogP contribution is 2.36. The second-order valence-corrected chi connectivity index (χ2v) is 12.9. The summed E-state index contributed by atoms with van der Waals surface area (Å²) in [5, 5.41) is 14.3. The number of ether oxygens (including phenoxy) is 1. The smallest absolute Gasteiger partial charge is 0.411 e. The molecule has 242 valence electrons. The van der Waals surface area contributed by atoms with Gasteiger partial charge in [0, 0.05) is 59.9 Å². The van der Waals surface area contributed by atoms with Crippen LogP contribution in [0.4, 0.5) is 23.7 Å². The number of aliphatic hydroxyl groups excluding tert-OH is 1. The first kappa shape index (κ1) is 32.3. The summed E-state index contributed by atoms with van der Waals surface area (Å²) in [7, 11) is 0. The number of carbonyl (C=O) groups excluding carboxylic acids is 3. The van der Waals surface area contributed by atoms with E-state index >= 15 is 0 Å². The van der Waals surface area contributed by atoms with Crippen LogP contribution in [-0.2, 0) is 14.3 Å². The first-order valence-electron chi connectivity index (χ1n) is 15.0. The molecule has 1 aliphatic carbocycles. The zero-order valence-corrected chi connectivity index (χ0v) is 25.6. The Kier molecular flexibility index (Phi) is 8.85. The van der Waals surface area contributed by atoms with Crippen LogP contribution in [0.25, 0.3) is 10.9 Å². The molecule has 5 rings (SSSR count). The van der Waals surface area contributed by atoms with Gasteiger partial charge in [-0.3, -0.25) is 24.4 Å². The van der Waals surface area contributed by atoms with Crippen LogP contribution >= 0.6 is 0 Å². The lowest BCUT2D eigenvalue weighted by atomic mass is 9.91. The van der Waals surface area contributed by atoms with Crippen molar-refractivity contribution in [3.8, 4) is 0 Å². The average Bonchev–Trinajstić information content (AvgIpc) is 3.53. The maximum Gasteiger partial charge on any atom is 0.411 e. The monoisotopic (exact) mass is 629 g/mol. The Bertz CT molecular complexity index is 1580. The van der Waals surface area contributed by atoms with Gasteiger partial charge in [0.15, 0.2) is 0 Å². The van der Waals surface area contributed by atoms with Gasteiger partial charge in [0.1, 0.15) is 23.5 Å². The summed E-state index contributed by atoms with van der Waals surface area (Å²) in [6.45, 7) is 6.75. The van der Waals surface area contributed by atoms with Crippen LogP contribution in [0.15, 0.2) is 42.9 Å². The number of carbonyl (C=O) groups is 3. The summed E-state index contributed by atoms with van der Waals surface area (Å²) < 4.78 is 47.9. The first-order valence-corrected chi connectivity index (χ1v) is 15.0. The summed E-state index contributed by atoms with van der Waals surface area (Å²) in [5.41, 5.74) is 0.999. The molecule has 3 atom stereocenters. The normalized spacial score (nSPS) is 21.0. The van der Waals surface area contributed by atoms with Gasteiger partial charge in [-0.15, -0.1) is 0 Å². The average molecular weight is 630 g/mol. The molecule has 0 spiro atoms. The number of nitrogens with zero attached hydrogens (tertiary/aromatic N) is 3. The number of nitrogens with one attached hydrogen (secondary N) is 2. The minimum atomic E-state index is -2.83. The summed E-state index contributed by atoms with van der Waals surface area (Å²) >= 11 is 0. The Balaban J connectivity index is 1.60. The molecule has 1 unspecified atom stereocenters. The number of aromatic amines is 1. The molecular formula is C32H38F3N5O5. The lowest BCUT2D eigenvalue weighted by Crippen LogP contribution is -2.54. The van der Waals surface area contributed by atoms with Crippen LogP contribution in [0.2, 0.25) is 0 Å².